The van der Waals surface area contributed by atoms with Crippen LogP contribution in [0.1, 0.15) is 24.2 Å². The highest BCUT2D eigenvalue weighted by Crippen LogP contribution is 2.32. The molecule has 1 aromatic carbocycles. The van der Waals surface area contributed by atoms with E-state index in [9.17, 15) is 18.0 Å². The smallest absolute Gasteiger partial charge is 0.416 e. The Morgan fingerprint density at radius 1 is 1.29 bits per heavy atom. The van der Waals surface area contributed by atoms with Crippen LogP contribution in [0.15, 0.2) is 36.7 Å². The molecule has 1 aliphatic rings. The number of carbonyl (C=O) groups is 1. The lowest BCUT2D eigenvalue weighted by atomic mass is 9.89. The highest BCUT2D eigenvalue weighted by Gasteiger charge is 2.33. The van der Waals surface area contributed by atoms with Gasteiger partial charge < -0.3 is 19.5 Å². The first kappa shape index (κ1) is 26.0. The maximum absolute atomic E-state index is 13.0. The van der Waals surface area contributed by atoms with E-state index >= 15 is 0 Å². The quantitative estimate of drug-likeness (QED) is 0.529. The summed E-state index contributed by atoms with van der Waals surface area (Å²) in [4.78, 5) is 21.5. The molecule has 2 heterocycles. The Kier molecular flexibility index (Phi) is 8.96. The second kappa shape index (κ2) is 11.7. The maximum atomic E-state index is 13.0. The van der Waals surface area contributed by atoms with Crippen molar-refractivity contribution in [1.29, 1.82) is 0 Å². The molecule has 0 unspecified atom stereocenters. The standard InChI is InChI=1S/C24H34F3N5O2/c1-30(2)10-5-8-29-23(33)19-12-18(14-32(15-19)16-22-28-9-11-31(22)3)17-34-21-7-4-6-20(13-21)24(25,26)27/h4,6-7,9,11,13,18-19H,5,8,10,12,14-17H2,1-3H3,(H,29,33)/t18-,19+/m0/s1. The Morgan fingerprint density at radius 3 is 2.76 bits per heavy atom. The van der Waals surface area contributed by atoms with E-state index in [1.54, 1.807) is 6.20 Å². The molecule has 0 radical (unpaired) electrons. The summed E-state index contributed by atoms with van der Waals surface area (Å²) in [5, 5.41) is 3.04. The highest BCUT2D eigenvalue weighted by molar-refractivity contribution is 5.79. The second-order valence-electron chi connectivity index (χ2n) is 9.23. The van der Waals surface area contributed by atoms with Crippen molar-refractivity contribution < 1.29 is 22.7 Å². The number of piperidine rings is 1. The van der Waals surface area contributed by atoms with Crippen LogP contribution in [0.2, 0.25) is 0 Å². The minimum absolute atomic E-state index is 0.00101. The van der Waals surface area contributed by atoms with Gasteiger partial charge in [0.25, 0.3) is 0 Å². The lowest BCUT2D eigenvalue weighted by Crippen LogP contribution is -2.47. The lowest BCUT2D eigenvalue weighted by molar-refractivity contribution is -0.137. The number of imidazole rings is 1. The van der Waals surface area contributed by atoms with E-state index in [4.69, 9.17) is 4.74 Å². The molecule has 7 nitrogen and oxygen atoms in total. The third-order valence-electron chi connectivity index (χ3n) is 6.00. The van der Waals surface area contributed by atoms with Crippen molar-refractivity contribution in [3.05, 3.63) is 48.0 Å². The molecule has 34 heavy (non-hydrogen) atoms. The van der Waals surface area contributed by atoms with Crippen LogP contribution >= 0.6 is 0 Å². The predicted molar refractivity (Wildman–Crippen MR) is 123 cm³/mol. The SMILES string of the molecule is CN(C)CCCNC(=O)[C@@H]1C[C@H](COc2cccc(C(F)(F)F)c2)CN(Cc2nccn2C)C1. The molecule has 0 spiro atoms. The summed E-state index contributed by atoms with van der Waals surface area (Å²) in [6, 6.07) is 4.91. The number of halogens is 3. The molecule has 1 fully saturated rings. The number of hydrogen-bond donors (Lipinski definition) is 1. The van der Waals surface area contributed by atoms with Crippen molar-refractivity contribution in [2.75, 3.05) is 46.9 Å². The monoisotopic (exact) mass is 481 g/mol. The maximum Gasteiger partial charge on any atom is 0.416 e. The summed E-state index contributed by atoms with van der Waals surface area (Å²) in [7, 11) is 5.91. The fourth-order valence-corrected chi connectivity index (χ4v) is 4.22. The van der Waals surface area contributed by atoms with Gasteiger partial charge in [-0.2, -0.15) is 13.2 Å². The average molecular weight is 482 g/mol. The molecular weight excluding hydrogens is 447 g/mol. The number of benzene rings is 1. The molecular formula is C24H34F3N5O2. The summed E-state index contributed by atoms with van der Waals surface area (Å²) < 4.78 is 46.8. The first-order valence-electron chi connectivity index (χ1n) is 11.5. The number of nitrogens with one attached hydrogen (secondary N) is 1. The predicted octanol–water partition coefficient (Wildman–Crippen LogP) is 3.02. The van der Waals surface area contributed by atoms with Gasteiger partial charge in [0.05, 0.1) is 24.6 Å². The number of alkyl halides is 3. The topological polar surface area (TPSA) is 62.6 Å². The number of rotatable bonds is 10. The molecule has 1 saturated heterocycles. The molecule has 0 saturated carbocycles. The van der Waals surface area contributed by atoms with Crippen LogP contribution in [0.25, 0.3) is 0 Å². The van der Waals surface area contributed by atoms with Crippen molar-refractivity contribution in [2.45, 2.75) is 25.6 Å². The second-order valence-corrected chi connectivity index (χ2v) is 9.23. The molecule has 0 bridgehead atoms. The third kappa shape index (κ3) is 7.73. The van der Waals surface area contributed by atoms with Crippen molar-refractivity contribution >= 4 is 5.91 Å². The Hall–Kier alpha value is -2.59. The Balaban J connectivity index is 1.63. The fourth-order valence-electron chi connectivity index (χ4n) is 4.22. The van der Waals surface area contributed by atoms with Crippen LogP contribution in [0.4, 0.5) is 13.2 Å². The lowest BCUT2D eigenvalue weighted by Gasteiger charge is -2.37. The van der Waals surface area contributed by atoms with Gasteiger partial charge in [-0.1, -0.05) is 6.07 Å². The van der Waals surface area contributed by atoms with Crippen LogP contribution in [0.5, 0.6) is 5.75 Å². The van der Waals surface area contributed by atoms with Gasteiger partial charge in [-0.15, -0.1) is 0 Å². The van der Waals surface area contributed by atoms with E-state index in [1.807, 2.05) is 31.9 Å². The number of ether oxygens (including phenoxy) is 1. The van der Waals surface area contributed by atoms with E-state index in [1.165, 1.54) is 12.1 Å². The van der Waals surface area contributed by atoms with Crippen molar-refractivity contribution in [1.82, 2.24) is 24.7 Å². The van der Waals surface area contributed by atoms with Crippen LogP contribution in [0.3, 0.4) is 0 Å². The van der Waals surface area contributed by atoms with E-state index in [0.29, 0.717) is 32.6 Å². The first-order chi connectivity index (χ1) is 16.1. The summed E-state index contributed by atoms with van der Waals surface area (Å²) in [6.45, 7) is 3.61. The number of likely N-dealkylation sites (tertiary alicyclic amines) is 1. The largest absolute Gasteiger partial charge is 0.493 e. The zero-order valence-corrected chi connectivity index (χ0v) is 20.0. The molecule has 1 aromatic heterocycles. The highest BCUT2D eigenvalue weighted by atomic mass is 19.4. The Labute approximate surface area is 198 Å². The van der Waals surface area contributed by atoms with Gasteiger partial charge >= 0.3 is 6.18 Å². The van der Waals surface area contributed by atoms with Crippen LogP contribution in [-0.4, -0.2) is 72.1 Å². The number of aromatic nitrogens is 2. The molecule has 188 valence electrons. The number of carbonyl (C=O) groups excluding carboxylic acids is 1. The van der Waals surface area contributed by atoms with Crippen LogP contribution in [-0.2, 0) is 24.6 Å². The van der Waals surface area contributed by atoms with Crippen LogP contribution in [0, 0.1) is 11.8 Å². The van der Waals surface area contributed by atoms with Crippen molar-refractivity contribution in [2.24, 2.45) is 18.9 Å². The zero-order chi connectivity index (χ0) is 24.7. The minimum Gasteiger partial charge on any atom is -0.493 e. The van der Waals surface area contributed by atoms with Gasteiger partial charge in [-0.3, -0.25) is 9.69 Å². The van der Waals surface area contributed by atoms with Gasteiger partial charge in [-0.25, -0.2) is 4.98 Å². The third-order valence-corrected chi connectivity index (χ3v) is 6.00. The fraction of sp³-hybridized carbons (Fsp3) is 0.583. The number of amides is 1. The van der Waals surface area contributed by atoms with Gasteiger partial charge in [0.15, 0.2) is 0 Å². The summed E-state index contributed by atoms with van der Waals surface area (Å²) >= 11 is 0. The number of hydrogen-bond acceptors (Lipinski definition) is 5. The molecule has 10 heteroatoms. The molecule has 1 aliphatic heterocycles. The zero-order valence-electron chi connectivity index (χ0n) is 20.0. The Morgan fingerprint density at radius 2 is 2.09 bits per heavy atom. The molecule has 1 amide bonds. The van der Waals surface area contributed by atoms with Crippen molar-refractivity contribution in [3.8, 4) is 5.75 Å². The molecule has 2 atom stereocenters. The number of aryl methyl sites for hydroxylation is 1. The van der Waals surface area contributed by atoms with E-state index in [-0.39, 0.29) is 30.1 Å². The van der Waals surface area contributed by atoms with E-state index < -0.39 is 11.7 Å². The Bertz CT molecular complexity index is 931. The first-order valence-corrected chi connectivity index (χ1v) is 11.5. The summed E-state index contributed by atoms with van der Waals surface area (Å²) in [5.41, 5.74) is -0.736. The molecule has 0 aliphatic carbocycles. The minimum atomic E-state index is -4.42. The van der Waals surface area contributed by atoms with Crippen LogP contribution < -0.4 is 10.1 Å². The van der Waals surface area contributed by atoms with Crippen molar-refractivity contribution in [3.63, 3.8) is 0 Å². The normalized spacial score (nSPS) is 19.4. The molecule has 2 aromatic rings. The average Bonchev–Trinajstić information content (AvgIpc) is 3.18. The van der Waals surface area contributed by atoms with Gasteiger partial charge in [0.1, 0.15) is 11.6 Å². The molecule has 3 rings (SSSR count). The van der Waals surface area contributed by atoms with Gasteiger partial charge in [0.2, 0.25) is 5.91 Å². The number of nitrogens with zero attached hydrogens (tertiary/aromatic N) is 4. The summed E-state index contributed by atoms with van der Waals surface area (Å²) in [6.07, 6.45) is 0.684. The van der Waals surface area contributed by atoms with Gasteiger partial charge in [0, 0.05) is 45.0 Å². The van der Waals surface area contributed by atoms with E-state index in [0.717, 1.165) is 30.9 Å². The van der Waals surface area contributed by atoms with Gasteiger partial charge in [-0.05, 0) is 51.7 Å². The molecule has 1 N–H and O–H groups in total. The summed E-state index contributed by atoms with van der Waals surface area (Å²) in [5.74, 6) is 0.863. The van der Waals surface area contributed by atoms with E-state index in [2.05, 4.69) is 20.1 Å².